The lowest BCUT2D eigenvalue weighted by molar-refractivity contribution is 0.280. The number of rotatable bonds is 9. The van der Waals surface area contributed by atoms with Gasteiger partial charge in [-0.3, -0.25) is 0 Å². The molecule has 1 N–H and O–H groups in total. The highest BCUT2D eigenvalue weighted by Crippen LogP contribution is 2.35. The van der Waals surface area contributed by atoms with E-state index in [9.17, 15) is 0 Å². The van der Waals surface area contributed by atoms with E-state index in [1.54, 1.807) is 13.2 Å². The molecule has 6 heteroatoms. The predicted molar refractivity (Wildman–Crippen MR) is 123 cm³/mol. The van der Waals surface area contributed by atoms with Crippen LogP contribution in [-0.4, -0.2) is 13.7 Å². The topological polar surface area (TPSA) is 30.5 Å². The van der Waals surface area contributed by atoms with Crippen molar-refractivity contribution >= 4 is 39.1 Å². The number of hydrogen-bond acceptors (Lipinski definition) is 3. The first-order valence-electron chi connectivity index (χ1n) is 9.24. The van der Waals surface area contributed by atoms with Gasteiger partial charge >= 0.3 is 0 Å². The molecule has 0 aliphatic carbocycles. The standard InChI is InChI=1S/C23H22BrCl2NO2/c1-28-22-12-19(24)11-18(23(22)29-15-16-5-3-2-4-6-16)14-27-10-9-17-7-8-20(25)13-21(17)26/h2-8,11-13,27H,9-10,14-15H2,1H3. The molecule has 0 unspecified atom stereocenters. The SMILES string of the molecule is COc1cc(Br)cc(CNCCc2ccc(Cl)cc2Cl)c1OCc1ccccc1. The molecule has 0 aliphatic rings. The summed E-state index contributed by atoms with van der Waals surface area (Å²) in [5.74, 6) is 1.45. The summed E-state index contributed by atoms with van der Waals surface area (Å²) in [4.78, 5) is 0. The molecule has 0 atom stereocenters. The first-order chi connectivity index (χ1) is 14.1. The van der Waals surface area contributed by atoms with Crippen LogP contribution in [0, 0.1) is 0 Å². The number of methoxy groups -OCH3 is 1. The van der Waals surface area contributed by atoms with Gasteiger partial charge in [0.05, 0.1) is 7.11 Å². The number of hydrogen-bond donors (Lipinski definition) is 1. The first kappa shape index (κ1) is 22.0. The summed E-state index contributed by atoms with van der Waals surface area (Å²) in [6.45, 7) is 1.89. The van der Waals surface area contributed by atoms with Crippen LogP contribution in [0.4, 0.5) is 0 Å². The maximum absolute atomic E-state index is 6.26. The highest BCUT2D eigenvalue weighted by Gasteiger charge is 2.13. The van der Waals surface area contributed by atoms with Crippen molar-refractivity contribution in [2.75, 3.05) is 13.7 Å². The van der Waals surface area contributed by atoms with Crippen molar-refractivity contribution in [2.24, 2.45) is 0 Å². The zero-order valence-corrected chi connectivity index (χ0v) is 19.2. The molecule has 3 aromatic carbocycles. The fourth-order valence-electron chi connectivity index (χ4n) is 2.97. The molecular weight excluding hydrogens is 473 g/mol. The monoisotopic (exact) mass is 493 g/mol. The normalized spacial score (nSPS) is 10.8. The Morgan fingerprint density at radius 1 is 0.966 bits per heavy atom. The van der Waals surface area contributed by atoms with Gasteiger partial charge in [-0.2, -0.15) is 0 Å². The lowest BCUT2D eigenvalue weighted by Crippen LogP contribution is -2.17. The molecule has 0 bridgehead atoms. The van der Waals surface area contributed by atoms with Crippen LogP contribution in [0.5, 0.6) is 11.5 Å². The average Bonchev–Trinajstić information content (AvgIpc) is 2.72. The Morgan fingerprint density at radius 2 is 1.76 bits per heavy atom. The molecule has 0 aliphatic heterocycles. The molecule has 0 saturated heterocycles. The van der Waals surface area contributed by atoms with Gasteiger partial charge in [0.25, 0.3) is 0 Å². The first-order valence-corrected chi connectivity index (χ1v) is 10.8. The van der Waals surface area contributed by atoms with Crippen LogP contribution in [0.15, 0.2) is 65.1 Å². The van der Waals surface area contributed by atoms with Crippen LogP contribution in [0.3, 0.4) is 0 Å². The Balaban J connectivity index is 1.66. The molecule has 0 heterocycles. The minimum absolute atomic E-state index is 0.478. The molecule has 0 radical (unpaired) electrons. The minimum Gasteiger partial charge on any atom is -0.493 e. The zero-order valence-electron chi connectivity index (χ0n) is 16.1. The third-order valence-corrected chi connectivity index (χ3v) is 5.49. The summed E-state index contributed by atoms with van der Waals surface area (Å²) in [6, 6.07) is 19.6. The van der Waals surface area contributed by atoms with Gasteiger partial charge in [0.2, 0.25) is 0 Å². The molecule has 0 fully saturated rings. The molecule has 152 valence electrons. The fourth-order valence-corrected chi connectivity index (χ4v) is 3.96. The second-order valence-corrected chi connectivity index (χ2v) is 8.29. The second-order valence-electron chi connectivity index (χ2n) is 6.53. The Labute approximate surface area is 190 Å². The number of benzene rings is 3. The van der Waals surface area contributed by atoms with Crippen LogP contribution in [0.2, 0.25) is 10.0 Å². The summed E-state index contributed by atoms with van der Waals surface area (Å²) < 4.78 is 12.6. The second kappa shape index (κ2) is 10.9. The largest absolute Gasteiger partial charge is 0.493 e. The molecular formula is C23H22BrCl2NO2. The maximum atomic E-state index is 6.26. The number of ether oxygens (including phenoxy) is 2. The van der Waals surface area contributed by atoms with Crippen molar-refractivity contribution in [1.29, 1.82) is 0 Å². The third-order valence-electron chi connectivity index (χ3n) is 4.44. The molecule has 0 spiro atoms. The Kier molecular flexibility index (Phi) is 8.25. The van der Waals surface area contributed by atoms with E-state index < -0.39 is 0 Å². The quantitative estimate of drug-likeness (QED) is 0.336. The van der Waals surface area contributed by atoms with Gasteiger partial charge in [-0.25, -0.2) is 0 Å². The Morgan fingerprint density at radius 3 is 2.48 bits per heavy atom. The third kappa shape index (κ3) is 6.38. The summed E-state index contributed by atoms with van der Waals surface area (Å²) >= 11 is 15.8. The molecule has 0 aromatic heterocycles. The van der Waals surface area contributed by atoms with E-state index in [-0.39, 0.29) is 0 Å². The summed E-state index contributed by atoms with van der Waals surface area (Å²) in [5.41, 5.74) is 3.19. The van der Waals surface area contributed by atoms with Gasteiger partial charge in [-0.15, -0.1) is 0 Å². The van der Waals surface area contributed by atoms with Gasteiger partial charge in [-0.1, -0.05) is 75.5 Å². The van der Waals surface area contributed by atoms with Gasteiger partial charge in [0.1, 0.15) is 6.61 Å². The van der Waals surface area contributed by atoms with Crippen LogP contribution < -0.4 is 14.8 Å². The van der Waals surface area contributed by atoms with E-state index in [2.05, 4.69) is 21.2 Å². The van der Waals surface area contributed by atoms with E-state index in [0.29, 0.717) is 28.9 Å². The molecule has 3 aromatic rings. The van der Waals surface area contributed by atoms with Crippen molar-refractivity contribution in [3.8, 4) is 11.5 Å². The molecule has 29 heavy (non-hydrogen) atoms. The summed E-state index contributed by atoms with van der Waals surface area (Å²) in [7, 11) is 1.65. The van der Waals surface area contributed by atoms with Gasteiger partial charge in [0, 0.05) is 26.6 Å². The van der Waals surface area contributed by atoms with Gasteiger partial charge < -0.3 is 14.8 Å². The summed E-state index contributed by atoms with van der Waals surface area (Å²) in [5, 5.41) is 4.80. The zero-order chi connectivity index (χ0) is 20.6. The fraction of sp³-hybridized carbons (Fsp3) is 0.217. The maximum Gasteiger partial charge on any atom is 0.166 e. The molecule has 3 nitrogen and oxygen atoms in total. The van der Waals surface area contributed by atoms with Crippen molar-refractivity contribution < 1.29 is 9.47 Å². The Hall–Kier alpha value is -1.72. The Bertz CT molecular complexity index is 951. The minimum atomic E-state index is 0.478. The lowest BCUT2D eigenvalue weighted by Gasteiger charge is -2.17. The molecule has 0 amide bonds. The van der Waals surface area contributed by atoms with E-state index in [1.807, 2.05) is 54.6 Å². The van der Waals surface area contributed by atoms with Crippen LogP contribution in [0.25, 0.3) is 0 Å². The highest BCUT2D eigenvalue weighted by molar-refractivity contribution is 9.10. The van der Waals surface area contributed by atoms with Crippen molar-refractivity contribution in [3.63, 3.8) is 0 Å². The number of nitrogens with one attached hydrogen (secondary N) is 1. The van der Waals surface area contributed by atoms with E-state index in [4.69, 9.17) is 32.7 Å². The van der Waals surface area contributed by atoms with E-state index in [1.165, 1.54) is 0 Å². The van der Waals surface area contributed by atoms with Crippen LogP contribution in [0.1, 0.15) is 16.7 Å². The predicted octanol–water partition coefficient (Wildman–Crippen LogP) is 6.68. The van der Waals surface area contributed by atoms with Crippen molar-refractivity contribution in [1.82, 2.24) is 5.32 Å². The smallest absolute Gasteiger partial charge is 0.166 e. The van der Waals surface area contributed by atoms with Crippen LogP contribution >= 0.6 is 39.1 Å². The van der Waals surface area contributed by atoms with Crippen molar-refractivity contribution in [3.05, 3.63) is 91.9 Å². The molecule has 0 saturated carbocycles. The van der Waals surface area contributed by atoms with Gasteiger partial charge in [0.15, 0.2) is 11.5 Å². The van der Waals surface area contributed by atoms with E-state index in [0.717, 1.165) is 39.9 Å². The summed E-state index contributed by atoms with van der Waals surface area (Å²) in [6.07, 6.45) is 0.807. The number of halogens is 3. The van der Waals surface area contributed by atoms with Crippen molar-refractivity contribution in [2.45, 2.75) is 19.6 Å². The van der Waals surface area contributed by atoms with E-state index >= 15 is 0 Å². The highest BCUT2D eigenvalue weighted by atomic mass is 79.9. The van der Waals surface area contributed by atoms with Gasteiger partial charge in [-0.05, 0) is 48.4 Å². The lowest BCUT2D eigenvalue weighted by atomic mass is 10.1. The van der Waals surface area contributed by atoms with Crippen LogP contribution in [-0.2, 0) is 19.6 Å². The molecule has 3 rings (SSSR count). The average molecular weight is 495 g/mol.